The Balaban J connectivity index is 0.000000346. The lowest BCUT2D eigenvalue weighted by molar-refractivity contribution is 0.614. The van der Waals surface area contributed by atoms with E-state index in [2.05, 4.69) is 86.4 Å². The summed E-state index contributed by atoms with van der Waals surface area (Å²) in [6, 6.07) is 22.6. The van der Waals surface area contributed by atoms with Gasteiger partial charge in [0.25, 0.3) is 0 Å². The average Bonchev–Trinajstić information content (AvgIpc) is 2.87. The Morgan fingerprint density at radius 3 is 2.19 bits per heavy atom. The minimum Gasteiger partial charge on any atom is -0.340 e. The molecule has 3 aromatic rings. The van der Waals surface area contributed by atoms with E-state index in [1.807, 2.05) is 20.0 Å². The van der Waals surface area contributed by atoms with Crippen LogP contribution in [0.25, 0.3) is 0 Å². The highest BCUT2D eigenvalue weighted by molar-refractivity contribution is 5.78. The SMILES string of the molecule is CCc1cc(N(Cc2ccccc2)/C(=C(\C)C=N)C(C)C)ccc1C.CNCc1ccc(C)c(F)c1. The summed E-state index contributed by atoms with van der Waals surface area (Å²) in [4.78, 5) is 2.37. The average molecular weight is 488 g/mol. The molecule has 0 bridgehead atoms. The Hall–Kier alpha value is -3.24. The highest BCUT2D eigenvalue weighted by Crippen LogP contribution is 2.30. The van der Waals surface area contributed by atoms with Gasteiger partial charge < -0.3 is 15.6 Å². The van der Waals surface area contributed by atoms with E-state index in [9.17, 15) is 4.39 Å². The zero-order valence-corrected chi connectivity index (χ0v) is 23.0. The number of halogens is 1. The molecule has 0 aliphatic heterocycles. The number of nitrogens with one attached hydrogen (secondary N) is 2. The molecule has 192 valence electrons. The van der Waals surface area contributed by atoms with E-state index in [0.717, 1.165) is 30.6 Å². The van der Waals surface area contributed by atoms with Crippen molar-refractivity contribution in [3.05, 3.63) is 112 Å². The molecule has 3 nitrogen and oxygen atoms in total. The number of nitrogens with zero attached hydrogens (tertiary/aromatic N) is 1. The van der Waals surface area contributed by atoms with Crippen LogP contribution < -0.4 is 10.2 Å². The normalized spacial score (nSPS) is 11.5. The van der Waals surface area contributed by atoms with Crippen LogP contribution in [0.5, 0.6) is 0 Å². The van der Waals surface area contributed by atoms with E-state index >= 15 is 0 Å². The lowest BCUT2D eigenvalue weighted by Crippen LogP contribution is -2.27. The quantitative estimate of drug-likeness (QED) is 0.300. The summed E-state index contributed by atoms with van der Waals surface area (Å²) in [6.07, 6.45) is 2.51. The second-order valence-electron chi connectivity index (χ2n) is 9.52. The molecule has 3 rings (SSSR count). The Bertz CT molecular complexity index is 1150. The fraction of sp³-hybridized carbons (Fsp3) is 0.344. The highest BCUT2D eigenvalue weighted by Gasteiger charge is 2.18. The summed E-state index contributed by atoms with van der Waals surface area (Å²) < 4.78 is 12.9. The van der Waals surface area contributed by atoms with Crippen molar-refractivity contribution in [3.63, 3.8) is 0 Å². The summed E-state index contributed by atoms with van der Waals surface area (Å²) in [5.41, 5.74) is 9.11. The van der Waals surface area contributed by atoms with E-state index in [1.54, 1.807) is 19.1 Å². The Kier molecular flexibility index (Phi) is 11.6. The van der Waals surface area contributed by atoms with E-state index in [4.69, 9.17) is 5.41 Å². The number of rotatable bonds is 9. The van der Waals surface area contributed by atoms with Crippen molar-refractivity contribution in [3.8, 4) is 0 Å². The second-order valence-corrected chi connectivity index (χ2v) is 9.52. The maximum Gasteiger partial charge on any atom is 0.126 e. The molecule has 0 aliphatic rings. The molecular formula is C32H42FN3. The van der Waals surface area contributed by atoms with Gasteiger partial charge in [-0.2, -0.15) is 0 Å². The van der Waals surface area contributed by atoms with Crippen LogP contribution in [0.1, 0.15) is 55.5 Å². The molecule has 0 fully saturated rings. The van der Waals surface area contributed by atoms with Gasteiger partial charge in [-0.05, 0) is 91.7 Å². The molecular weight excluding hydrogens is 445 g/mol. The van der Waals surface area contributed by atoms with Gasteiger partial charge in [0.05, 0.1) is 0 Å². The molecule has 0 saturated carbocycles. The van der Waals surface area contributed by atoms with Gasteiger partial charge in [0.15, 0.2) is 0 Å². The Morgan fingerprint density at radius 2 is 1.64 bits per heavy atom. The Labute approximate surface area is 217 Å². The van der Waals surface area contributed by atoms with Gasteiger partial charge in [0.2, 0.25) is 0 Å². The van der Waals surface area contributed by atoms with Crippen molar-refractivity contribution in [2.24, 2.45) is 5.92 Å². The number of aryl methyl sites for hydroxylation is 3. The van der Waals surface area contributed by atoms with Crippen LogP contribution in [0.4, 0.5) is 10.1 Å². The number of benzene rings is 3. The topological polar surface area (TPSA) is 39.1 Å². The van der Waals surface area contributed by atoms with Gasteiger partial charge in [-0.3, -0.25) is 0 Å². The fourth-order valence-electron chi connectivity index (χ4n) is 4.29. The van der Waals surface area contributed by atoms with Crippen molar-refractivity contribution < 1.29 is 4.39 Å². The standard InChI is InChI=1S/C23H30N2.C9H12FN/c1-6-21-14-22(13-12-18(21)4)25(16-20-10-8-7-9-11-20)23(17(2)3)19(5)15-24;1-7-3-4-8(6-11-2)5-9(7)10/h7-15,17,24H,6,16H2,1-5H3;3-5,11H,6H2,1-2H3/b23-19+,24-15?;. The van der Waals surface area contributed by atoms with Crippen LogP contribution in [-0.2, 0) is 19.5 Å². The van der Waals surface area contributed by atoms with Gasteiger partial charge in [-0.15, -0.1) is 0 Å². The minimum atomic E-state index is -0.127. The van der Waals surface area contributed by atoms with E-state index in [-0.39, 0.29) is 5.82 Å². The number of hydrogen-bond donors (Lipinski definition) is 2. The lowest BCUT2D eigenvalue weighted by Gasteiger charge is -2.32. The summed E-state index contributed by atoms with van der Waals surface area (Å²) in [7, 11) is 1.85. The number of anilines is 1. The Morgan fingerprint density at radius 1 is 0.972 bits per heavy atom. The van der Waals surface area contributed by atoms with Crippen molar-refractivity contribution in [2.45, 2.75) is 61.1 Å². The van der Waals surface area contributed by atoms with E-state index in [0.29, 0.717) is 11.5 Å². The fourth-order valence-corrected chi connectivity index (χ4v) is 4.29. The molecule has 0 aliphatic carbocycles. The van der Waals surface area contributed by atoms with Crippen molar-refractivity contribution >= 4 is 11.9 Å². The molecule has 4 heteroatoms. The predicted octanol–water partition coefficient (Wildman–Crippen LogP) is 8.00. The molecule has 0 amide bonds. The molecule has 0 aromatic heterocycles. The second kappa shape index (κ2) is 14.4. The van der Waals surface area contributed by atoms with Crippen molar-refractivity contribution in [1.29, 1.82) is 5.41 Å². The lowest BCUT2D eigenvalue weighted by atomic mass is 10.00. The summed E-state index contributed by atoms with van der Waals surface area (Å²) in [5, 5.41) is 10.7. The molecule has 36 heavy (non-hydrogen) atoms. The van der Waals surface area contributed by atoms with Crippen LogP contribution in [0.15, 0.2) is 78.0 Å². The zero-order chi connectivity index (χ0) is 26.7. The third-order valence-electron chi connectivity index (χ3n) is 6.28. The van der Waals surface area contributed by atoms with E-state index in [1.165, 1.54) is 34.3 Å². The van der Waals surface area contributed by atoms with Crippen molar-refractivity contribution in [1.82, 2.24) is 5.32 Å². The van der Waals surface area contributed by atoms with Crippen LogP contribution in [0.2, 0.25) is 0 Å². The molecule has 2 N–H and O–H groups in total. The number of hydrogen-bond acceptors (Lipinski definition) is 3. The summed E-state index contributed by atoms with van der Waals surface area (Å²) in [6.45, 7) is 14.1. The molecule has 0 heterocycles. The first-order chi connectivity index (χ1) is 17.2. The monoisotopic (exact) mass is 487 g/mol. The van der Waals surface area contributed by atoms with Gasteiger partial charge >= 0.3 is 0 Å². The van der Waals surface area contributed by atoms with Crippen LogP contribution in [0, 0.1) is 31.0 Å². The first-order valence-electron chi connectivity index (χ1n) is 12.7. The third kappa shape index (κ3) is 8.17. The van der Waals surface area contributed by atoms with Crippen LogP contribution in [0.3, 0.4) is 0 Å². The summed E-state index contributed by atoms with van der Waals surface area (Å²) in [5.74, 6) is 0.217. The molecule has 0 unspecified atom stereocenters. The van der Waals surface area contributed by atoms with Crippen LogP contribution in [-0.4, -0.2) is 13.3 Å². The zero-order valence-electron chi connectivity index (χ0n) is 23.0. The first-order valence-corrected chi connectivity index (χ1v) is 12.7. The maximum absolute atomic E-state index is 12.9. The smallest absolute Gasteiger partial charge is 0.126 e. The van der Waals surface area contributed by atoms with Gasteiger partial charge in [-0.25, -0.2) is 4.39 Å². The van der Waals surface area contributed by atoms with Crippen molar-refractivity contribution in [2.75, 3.05) is 11.9 Å². The van der Waals surface area contributed by atoms with Gasteiger partial charge in [0, 0.05) is 30.7 Å². The molecule has 0 spiro atoms. The predicted molar refractivity (Wildman–Crippen MR) is 153 cm³/mol. The summed E-state index contributed by atoms with van der Waals surface area (Å²) >= 11 is 0. The first kappa shape index (κ1) is 29.0. The van der Waals surface area contributed by atoms with Gasteiger partial charge in [0.1, 0.15) is 5.82 Å². The van der Waals surface area contributed by atoms with Crippen LogP contribution >= 0.6 is 0 Å². The largest absolute Gasteiger partial charge is 0.340 e. The highest BCUT2D eigenvalue weighted by atomic mass is 19.1. The molecule has 0 atom stereocenters. The van der Waals surface area contributed by atoms with E-state index < -0.39 is 0 Å². The molecule has 0 radical (unpaired) electrons. The minimum absolute atomic E-state index is 0.127. The third-order valence-corrected chi connectivity index (χ3v) is 6.28. The molecule has 0 saturated heterocycles. The number of allylic oxidation sites excluding steroid dienone is 2. The maximum atomic E-state index is 12.9. The molecule has 3 aromatic carbocycles. The van der Waals surface area contributed by atoms with Gasteiger partial charge in [-0.1, -0.05) is 69.3 Å².